The molecular weight excluding hydrogens is 248 g/mol. The third-order valence-corrected chi connectivity index (χ3v) is 3.81. The van der Waals surface area contributed by atoms with Gasteiger partial charge in [-0.25, -0.2) is 0 Å². The van der Waals surface area contributed by atoms with Crippen molar-refractivity contribution >= 4 is 5.69 Å². The number of benzene rings is 1. The Morgan fingerprint density at radius 2 is 2.15 bits per heavy atom. The third-order valence-electron chi connectivity index (χ3n) is 3.81. The van der Waals surface area contributed by atoms with Crippen molar-refractivity contribution in [3.8, 4) is 0 Å². The summed E-state index contributed by atoms with van der Waals surface area (Å²) in [6.07, 6.45) is 2.80. The van der Waals surface area contributed by atoms with Crippen LogP contribution in [-0.4, -0.2) is 31.8 Å². The summed E-state index contributed by atoms with van der Waals surface area (Å²) in [5.74, 6) is 0. The molecule has 1 heterocycles. The third kappa shape index (κ3) is 4.22. The number of anilines is 1. The van der Waals surface area contributed by atoms with Crippen molar-refractivity contribution in [2.45, 2.75) is 52.3 Å². The Bertz CT molecular complexity index is 404. The maximum Gasteiger partial charge on any atom is 0.0750 e. The fourth-order valence-electron chi connectivity index (χ4n) is 2.81. The molecule has 3 nitrogen and oxygen atoms in total. The number of piperidine rings is 1. The predicted octanol–water partition coefficient (Wildman–Crippen LogP) is 3.19. The molecule has 1 saturated heterocycles. The van der Waals surface area contributed by atoms with Gasteiger partial charge in [-0.05, 0) is 31.4 Å². The van der Waals surface area contributed by atoms with Crippen LogP contribution >= 0.6 is 0 Å². The quantitative estimate of drug-likeness (QED) is 0.863. The molecule has 0 radical (unpaired) electrons. The van der Waals surface area contributed by atoms with Gasteiger partial charge in [0.2, 0.25) is 0 Å². The van der Waals surface area contributed by atoms with Gasteiger partial charge in [-0.1, -0.05) is 32.0 Å². The standard InChI is InChI=1S/C17H28N2O/c1-4-20-16-9-7-11-19(13-16)17-10-6-5-8-15(17)12-18-14(2)3/h5-6,8,10,14,16,18H,4,7,9,11-13H2,1-3H3. The van der Waals surface area contributed by atoms with Gasteiger partial charge in [0, 0.05) is 38.0 Å². The molecular formula is C17H28N2O. The van der Waals surface area contributed by atoms with Gasteiger partial charge in [-0.15, -0.1) is 0 Å². The Morgan fingerprint density at radius 3 is 2.90 bits per heavy atom. The van der Waals surface area contributed by atoms with E-state index in [2.05, 4.69) is 55.3 Å². The van der Waals surface area contributed by atoms with Crippen molar-refractivity contribution in [2.24, 2.45) is 0 Å². The summed E-state index contributed by atoms with van der Waals surface area (Å²) in [4.78, 5) is 2.49. The summed E-state index contributed by atoms with van der Waals surface area (Å²) in [6.45, 7) is 10.4. The molecule has 0 amide bonds. The molecule has 1 aromatic rings. The first-order valence-electron chi connectivity index (χ1n) is 7.88. The number of nitrogens with zero attached hydrogens (tertiary/aromatic N) is 1. The lowest BCUT2D eigenvalue weighted by molar-refractivity contribution is 0.0526. The second-order valence-electron chi connectivity index (χ2n) is 5.83. The molecule has 1 N–H and O–H groups in total. The number of nitrogens with one attached hydrogen (secondary N) is 1. The average molecular weight is 276 g/mol. The van der Waals surface area contributed by atoms with Crippen LogP contribution in [0.1, 0.15) is 39.2 Å². The second-order valence-corrected chi connectivity index (χ2v) is 5.83. The number of hydrogen-bond donors (Lipinski definition) is 1. The van der Waals surface area contributed by atoms with Crippen molar-refractivity contribution < 1.29 is 4.74 Å². The Kier molecular flexibility index (Phi) is 5.86. The lowest BCUT2D eigenvalue weighted by Gasteiger charge is -2.35. The first kappa shape index (κ1) is 15.3. The van der Waals surface area contributed by atoms with Crippen LogP contribution in [0.2, 0.25) is 0 Å². The van der Waals surface area contributed by atoms with Gasteiger partial charge >= 0.3 is 0 Å². The lowest BCUT2D eigenvalue weighted by Crippen LogP contribution is -2.40. The molecule has 0 bridgehead atoms. The van der Waals surface area contributed by atoms with Crippen LogP contribution in [0.5, 0.6) is 0 Å². The van der Waals surface area contributed by atoms with Crippen LogP contribution in [0.15, 0.2) is 24.3 Å². The van der Waals surface area contributed by atoms with Gasteiger partial charge in [0.05, 0.1) is 6.10 Å². The van der Waals surface area contributed by atoms with Crippen LogP contribution in [0.25, 0.3) is 0 Å². The van der Waals surface area contributed by atoms with Gasteiger partial charge in [0.1, 0.15) is 0 Å². The summed E-state index contributed by atoms with van der Waals surface area (Å²) < 4.78 is 5.82. The summed E-state index contributed by atoms with van der Waals surface area (Å²) >= 11 is 0. The Balaban J connectivity index is 2.06. The van der Waals surface area contributed by atoms with E-state index in [0.29, 0.717) is 12.1 Å². The van der Waals surface area contributed by atoms with Crippen molar-refractivity contribution in [3.63, 3.8) is 0 Å². The minimum atomic E-state index is 0.389. The van der Waals surface area contributed by atoms with E-state index in [1.54, 1.807) is 0 Å². The summed E-state index contributed by atoms with van der Waals surface area (Å²) in [7, 11) is 0. The van der Waals surface area contributed by atoms with Gasteiger partial charge in [0.15, 0.2) is 0 Å². The molecule has 1 fully saturated rings. The molecule has 1 aromatic carbocycles. The van der Waals surface area contributed by atoms with E-state index < -0.39 is 0 Å². The predicted molar refractivity (Wildman–Crippen MR) is 85.3 cm³/mol. The summed E-state index contributed by atoms with van der Waals surface area (Å²) in [5.41, 5.74) is 2.75. The molecule has 1 unspecified atom stereocenters. The highest BCUT2D eigenvalue weighted by Crippen LogP contribution is 2.25. The highest BCUT2D eigenvalue weighted by atomic mass is 16.5. The molecule has 1 atom stereocenters. The summed E-state index contributed by atoms with van der Waals surface area (Å²) in [6, 6.07) is 9.25. The fraction of sp³-hybridized carbons (Fsp3) is 0.647. The minimum absolute atomic E-state index is 0.389. The zero-order valence-electron chi connectivity index (χ0n) is 13.1. The topological polar surface area (TPSA) is 24.5 Å². The fourth-order valence-corrected chi connectivity index (χ4v) is 2.81. The molecule has 0 spiro atoms. The van der Waals surface area contributed by atoms with E-state index in [0.717, 1.165) is 26.2 Å². The van der Waals surface area contributed by atoms with Crippen molar-refractivity contribution in [1.29, 1.82) is 0 Å². The molecule has 0 aliphatic carbocycles. The van der Waals surface area contributed by atoms with Crippen LogP contribution in [-0.2, 0) is 11.3 Å². The van der Waals surface area contributed by atoms with E-state index in [-0.39, 0.29) is 0 Å². The van der Waals surface area contributed by atoms with Gasteiger partial charge in [-0.2, -0.15) is 0 Å². The monoisotopic (exact) mass is 276 g/mol. The van der Waals surface area contributed by atoms with E-state index in [9.17, 15) is 0 Å². The Hall–Kier alpha value is -1.06. The van der Waals surface area contributed by atoms with E-state index in [1.807, 2.05) is 0 Å². The molecule has 0 saturated carbocycles. The highest BCUT2D eigenvalue weighted by Gasteiger charge is 2.21. The zero-order valence-corrected chi connectivity index (χ0v) is 13.1. The van der Waals surface area contributed by atoms with Crippen LogP contribution in [0.3, 0.4) is 0 Å². The van der Waals surface area contributed by atoms with E-state index in [1.165, 1.54) is 24.1 Å². The number of ether oxygens (including phenoxy) is 1. The SMILES string of the molecule is CCOC1CCCN(c2ccccc2CNC(C)C)C1. The average Bonchev–Trinajstić information content (AvgIpc) is 2.46. The maximum atomic E-state index is 5.82. The van der Waals surface area contributed by atoms with Crippen molar-refractivity contribution in [1.82, 2.24) is 5.32 Å². The normalized spacial score (nSPS) is 19.6. The Labute approximate surface area is 123 Å². The smallest absolute Gasteiger partial charge is 0.0750 e. The molecule has 20 heavy (non-hydrogen) atoms. The molecule has 0 aromatic heterocycles. The van der Waals surface area contributed by atoms with Crippen LogP contribution < -0.4 is 10.2 Å². The molecule has 112 valence electrons. The Morgan fingerprint density at radius 1 is 1.35 bits per heavy atom. The van der Waals surface area contributed by atoms with Gasteiger partial charge in [-0.3, -0.25) is 0 Å². The van der Waals surface area contributed by atoms with Gasteiger partial charge in [0.25, 0.3) is 0 Å². The first-order valence-corrected chi connectivity index (χ1v) is 7.88. The minimum Gasteiger partial charge on any atom is -0.377 e. The van der Waals surface area contributed by atoms with E-state index in [4.69, 9.17) is 4.74 Å². The van der Waals surface area contributed by atoms with E-state index >= 15 is 0 Å². The number of para-hydroxylation sites is 1. The summed E-state index contributed by atoms with van der Waals surface area (Å²) in [5, 5.41) is 3.52. The van der Waals surface area contributed by atoms with Crippen molar-refractivity contribution in [2.75, 3.05) is 24.6 Å². The molecule has 1 aliphatic rings. The molecule has 1 aliphatic heterocycles. The second kappa shape index (κ2) is 7.65. The van der Waals surface area contributed by atoms with Crippen LogP contribution in [0.4, 0.5) is 5.69 Å². The number of rotatable bonds is 6. The molecule has 3 heteroatoms. The highest BCUT2D eigenvalue weighted by molar-refractivity contribution is 5.54. The number of hydrogen-bond acceptors (Lipinski definition) is 3. The van der Waals surface area contributed by atoms with Crippen molar-refractivity contribution in [3.05, 3.63) is 29.8 Å². The maximum absolute atomic E-state index is 5.82. The van der Waals surface area contributed by atoms with Crippen LogP contribution in [0, 0.1) is 0 Å². The molecule has 2 rings (SSSR count). The largest absolute Gasteiger partial charge is 0.377 e. The zero-order chi connectivity index (χ0) is 14.4. The lowest BCUT2D eigenvalue weighted by atomic mass is 10.0. The first-order chi connectivity index (χ1) is 9.70. The van der Waals surface area contributed by atoms with Gasteiger partial charge < -0.3 is 15.0 Å².